The van der Waals surface area contributed by atoms with Crippen LogP contribution in [0.5, 0.6) is 0 Å². The number of carbonyl (C=O) groups is 2. The van der Waals surface area contributed by atoms with E-state index in [2.05, 4.69) is 20.7 Å². The van der Waals surface area contributed by atoms with Gasteiger partial charge in [-0.3, -0.25) is 4.79 Å². The van der Waals surface area contributed by atoms with Crippen molar-refractivity contribution in [3.8, 4) is 0 Å². The number of nitrogens with one attached hydrogen (secondary N) is 2. The molecule has 1 heterocycles. The van der Waals surface area contributed by atoms with Gasteiger partial charge in [0.05, 0.1) is 6.04 Å². The molecule has 1 fully saturated rings. The summed E-state index contributed by atoms with van der Waals surface area (Å²) in [6.07, 6.45) is -0.681. The van der Waals surface area contributed by atoms with Crippen molar-refractivity contribution in [2.75, 3.05) is 6.54 Å². The maximum absolute atomic E-state index is 11.6. The molecule has 8 heteroatoms. The molecule has 104 valence electrons. The minimum absolute atomic E-state index is 0.0892. The first kappa shape index (κ1) is 13.7. The number of rotatable bonds is 5. The summed E-state index contributed by atoms with van der Waals surface area (Å²) in [6.45, 7) is 0.216. The average molecular weight is 275 g/mol. The van der Waals surface area contributed by atoms with Gasteiger partial charge in [-0.15, -0.1) is 0 Å². The normalized spacial score (nSPS) is 20.1. The van der Waals surface area contributed by atoms with E-state index in [1.54, 1.807) is 0 Å². The Morgan fingerprint density at radius 2 is 2.20 bits per heavy atom. The van der Waals surface area contributed by atoms with Crippen LogP contribution in [-0.4, -0.2) is 30.6 Å². The molecule has 20 heavy (non-hydrogen) atoms. The van der Waals surface area contributed by atoms with Gasteiger partial charge in [0, 0.05) is 11.5 Å². The summed E-state index contributed by atoms with van der Waals surface area (Å²) in [6, 6.07) is 8.09. The molecule has 1 aromatic rings. The molecule has 0 aliphatic carbocycles. The van der Waals surface area contributed by atoms with E-state index in [9.17, 15) is 9.59 Å². The predicted octanol–water partition coefficient (Wildman–Crippen LogP) is 1.09. The Morgan fingerprint density at radius 1 is 1.45 bits per heavy atom. The van der Waals surface area contributed by atoms with Gasteiger partial charge >= 0.3 is 6.09 Å². The molecule has 0 bridgehead atoms. The molecule has 0 spiro atoms. The van der Waals surface area contributed by atoms with Crippen molar-refractivity contribution >= 4 is 12.0 Å². The largest absolute Gasteiger partial charge is 0.445 e. The molecule has 1 aliphatic rings. The van der Waals surface area contributed by atoms with Gasteiger partial charge in [0.25, 0.3) is 0 Å². The van der Waals surface area contributed by atoms with Gasteiger partial charge < -0.3 is 15.4 Å². The molecule has 2 atom stereocenters. The van der Waals surface area contributed by atoms with Gasteiger partial charge in [0.2, 0.25) is 5.91 Å². The van der Waals surface area contributed by atoms with Crippen molar-refractivity contribution in [3.05, 3.63) is 46.3 Å². The lowest BCUT2D eigenvalue weighted by Gasteiger charge is -2.35. The Bertz CT molecular complexity index is 541. The van der Waals surface area contributed by atoms with Gasteiger partial charge in [0.15, 0.2) is 0 Å². The number of benzene rings is 1. The van der Waals surface area contributed by atoms with Crippen molar-refractivity contribution in [2.24, 2.45) is 5.11 Å². The molecule has 0 aromatic heterocycles. The van der Waals surface area contributed by atoms with Crippen LogP contribution in [0.3, 0.4) is 0 Å². The number of azide groups is 1. The Kier molecular flexibility index (Phi) is 4.41. The van der Waals surface area contributed by atoms with Gasteiger partial charge in [-0.25, -0.2) is 4.79 Å². The van der Waals surface area contributed by atoms with Gasteiger partial charge in [-0.2, -0.15) is 0 Å². The Labute approximate surface area is 114 Å². The number of carbonyl (C=O) groups excluding carboxylic acids is 2. The fraction of sp³-hybridized carbons (Fsp3) is 0.333. The Balaban J connectivity index is 1.79. The minimum Gasteiger partial charge on any atom is -0.445 e. The lowest BCUT2D eigenvalue weighted by atomic mass is 9.99. The zero-order valence-corrected chi connectivity index (χ0v) is 10.5. The molecule has 0 unspecified atom stereocenters. The van der Waals surface area contributed by atoms with E-state index < -0.39 is 12.1 Å². The summed E-state index contributed by atoms with van der Waals surface area (Å²) in [5, 5.41) is 8.32. The van der Waals surface area contributed by atoms with Gasteiger partial charge in [-0.05, 0) is 11.1 Å². The number of alkyl carbamates (subject to hydrolysis) is 1. The average Bonchev–Trinajstić information content (AvgIpc) is 2.48. The van der Waals surface area contributed by atoms with Crippen LogP contribution in [-0.2, 0) is 16.1 Å². The summed E-state index contributed by atoms with van der Waals surface area (Å²) in [5.41, 5.74) is 9.07. The van der Waals surface area contributed by atoms with E-state index in [0.717, 1.165) is 5.56 Å². The predicted molar refractivity (Wildman–Crippen MR) is 69.5 cm³/mol. The van der Waals surface area contributed by atoms with Gasteiger partial charge in [0.1, 0.15) is 12.6 Å². The first-order chi connectivity index (χ1) is 9.70. The van der Waals surface area contributed by atoms with Crippen LogP contribution >= 0.6 is 0 Å². The summed E-state index contributed by atoms with van der Waals surface area (Å²) >= 11 is 0. The van der Waals surface area contributed by atoms with E-state index in [1.807, 2.05) is 30.3 Å². The summed E-state index contributed by atoms with van der Waals surface area (Å²) in [4.78, 5) is 25.5. The summed E-state index contributed by atoms with van der Waals surface area (Å²) in [7, 11) is 0. The van der Waals surface area contributed by atoms with E-state index in [-0.39, 0.29) is 25.1 Å². The fourth-order valence-electron chi connectivity index (χ4n) is 1.78. The minimum atomic E-state index is -0.719. The topological polar surface area (TPSA) is 116 Å². The maximum Gasteiger partial charge on any atom is 0.408 e. The third-order valence-electron chi connectivity index (χ3n) is 2.84. The van der Waals surface area contributed by atoms with Crippen LogP contribution in [0.15, 0.2) is 35.4 Å². The van der Waals surface area contributed by atoms with E-state index in [1.165, 1.54) is 0 Å². The van der Waals surface area contributed by atoms with E-state index in [4.69, 9.17) is 10.3 Å². The third kappa shape index (κ3) is 3.39. The second-order valence-corrected chi connectivity index (χ2v) is 4.21. The quantitative estimate of drug-likeness (QED) is 0.362. The summed E-state index contributed by atoms with van der Waals surface area (Å²) in [5.74, 6) is -0.320. The van der Waals surface area contributed by atoms with Crippen LogP contribution in [0.1, 0.15) is 5.56 Å². The summed E-state index contributed by atoms with van der Waals surface area (Å²) < 4.78 is 5.00. The smallest absolute Gasteiger partial charge is 0.408 e. The second-order valence-electron chi connectivity index (χ2n) is 4.21. The zero-order chi connectivity index (χ0) is 14.4. The maximum atomic E-state index is 11.6. The molecule has 2 N–H and O–H groups in total. The highest BCUT2D eigenvalue weighted by Gasteiger charge is 2.40. The number of hydrogen-bond donors (Lipinski definition) is 2. The molecule has 0 radical (unpaired) electrons. The zero-order valence-electron chi connectivity index (χ0n) is 10.5. The molecule has 1 saturated heterocycles. The number of β-lactam (4-membered cyclic amide) rings is 1. The molecular formula is C12H13N5O3. The number of ether oxygens (including phenoxy) is 1. The molecule has 1 aliphatic heterocycles. The van der Waals surface area contributed by atoms with Crippen LogP contribution in [0.25, 0.3) is 10.4 Å². The Morgan fingerprint density at radius 3 is 2.85 bits per heavy atom. The second kappa shape index (κ2) is 6.44. The van der Waals surface area contributed by atoms with Crippen LogP contribution in [0.4, 0.5) is 4.79 Å². The van der Waals surface area contributed by atoms with Crippen LogP contribution in [0.2, 0.25) is 0 Å². The fourth-order valence-corrected chi connectivity index (χ4v) is 1.78. The molecule has 2 rings (SSSR count). The molecular weight excluding hydrogens is 262 g/mol. The molecule has 1 aromatic carbocycles. The van der Waals surface area contributed by atoms with Gasteiger partial charge in [-0.1, -0.05) is 35.4 Å². The number of amides is 2. The molecule has 2 amide bonds. The van der Waals surface area contributed by atoms with Crippen molar-refractivity contribution < 1.29 is 14.3 Å². The lowest BCUT2D eigenvalue weighted by Crippen LogP contribution is -2.70. The monoisotopic (exact) mass is 275 g/mol. The van der Waals surface area contributed by atoms with Crippen molar-refractivity contribution in [3.63, 3.8) is 0 Å². The lowest BCUT2D eigenvalue weighted by molar-refractivity contribution is -0.131. The van der Waals surface area contributed by atoms with Crippen molar-refractivity contribution in [1.82, 2.24) is 10.6 Å². The van der Waals surface area contributed by atoms with Crippen LogP contribution in [0, 0.1) is 0 Å². The highest BCUT2D eigenvalue weighted by atomic mass is 16.5. The Hall–Kier alpha value is -2.73. The first-order valence-electron chi connectivity index (χ1n) is 5.99. The highest BCUT2D eigenvalue weighted by Crippen LogP contribution is 2.08. The SMILES string of the molecule is [N-]=[N+]=NC[C@@H]1NC(=O)[C@@H]1NC(=O)OCc1ccccc1. The standard InChI is InChI=1S/C12H13N5O3/c13-17-14-6-9-10(11(18)15-9)16-12(19)20-7-8-4-2-1-3-5-8/h1-5,9-10H,6-7H2,(H,15,18)(H,16,19)/t9-,10+/m0/s1. The van der Waals surface area contributed by atoms with E-state index >= 15 is 0 Å². The molecule has 8 nitrogen and oxygen atoms in total. The van der Waals surface area contributed by atoms with Crippen molar-refractivity contribution in [1.29, 1.82) is 0 Å². The first-order valence-corrected chi connectivity index (χ1v) is 5.99. The van der Waals surface area contributed by atoms with Crippen molar-refractivity contribution in [2.45, 2.75) is 18.7 Å². The van der Waals surface area contributed by atoms with E-state index in [0.29, 0.717) is 0 Å². The highest BCUT2D eigenvalue weighted by molar-refractivity contribution is 5.92. The number of nitrogens with zero attached hydrogens (tertiary/aromatic N) is 3. The molecule has 0 saturated carbocycles. The number of hydrogen-bond acceptors (Lipinski definition) is 4. The third-order valence-corrected chi connectivity index (χ3v) is 2.84. The van der Waals surface area contributed by atoms with Crippen LogP contribution < -0.4 is 10.6 Å².